The summed E-state index contributed by atoms with van der Waals surface area (Å²) in [7, 11) is 0. The van der Waals surface area contributed by atoms with Gasteiger partial charge in [0.1, 0.15) is 23.1 Å². The number of hydrogen-bond donors (Lipinski definition) is 0. The van der Waals surface area contributed by atoms with Gasteiger partial charge in [-0.2, -0.15) is 5.26 Å². The second kappa shape index (κ2) is 8.90. The Labute approximate surface area is 149 Å². The van der Waals surface area contributed by atoms with Crippen molar-refractivity contribution in [3.8, 4) is 17.6 Å². The van der Waals surface area contributed by atoms with E-state index in [0.29, 0.717) is 12.4 Å². The summed E-state index contributed by atoms with van der Waals surface area (Å²) < 4.78 is 11.6. The maximum Gasteiger partial charge on any atom is 0.354 e. The quantitative estimate of drug-likeness (QED) is 0.311. The summed E-state index contributed by atoms with van der Waals surface area (Å²) >= 11 is 3.31. The molecule has 0 atom stereocenters. The van der Waals surface area contributed by atoms with Gasteiger partial charge in [0.25, 0.3) is 0 Å². The van der Waals surface area contributed by atoms with E-state index in [-0.39, 0.29) is 5.57 Å². The number of esters is 1. The fourth-order valence-corrected chi connectivity index (χ4v) is 2.11. The summed E-state index contributed by atoms with van der Waals surface area (Å²) in [4.78, 5) is 12.1. The molecule has 0 aromatic heterocycles. The second-order valence-corrected chi connectivity index (χ2v) is 5.85. The third kappa shape index (κ3) is 5.25. The van der Waals surface area contributed by atoms with E-state index < -0.39 is 5.97 Å². The zero-order chi connectivity index (χ0) is 17.4. The summed E-state index contributed by atoms with van der Waals surface area (Å²) in [6.07, 6.45) is 2.42. The van der Waals surface area contributed by atoms with Gasteiger partial charge in [0.2, 0.25) is 0 Å². The average molecular weight is 386 g/mol. The number of carbonyl (C=O) groups excluding carboxylic acids is 1. The van der Waals surface area contributed by atoms with E-state index in [1.807, 2.05) is 13.0 Å². The van der Waals surface area contributed by atoms with Gasteiger partial charge in [-0.1, -0.05) is 35.0 Å². The van der Waals surface area contributed by atoms with Crippen LogP contribution < -0.4 is 9.47 Å². The number of halogens is 1. The molecule has 0 N–H and O–H groups in total. The zero-order valence-corrected chi connectivity index (χ0v) is 14.7. The SMILES string of the molecule is CCCOc1ccc(C=C(C#N)C(=O)Oc2ccc(Br)cc2)cc1. The largest absolute Gasteiger partial charge is 0.494 e. The molecule has 0 aliphatic rings. The molecular formula is C19H16BrNO3. The lowest BCUT2D eigenvalue weighted by Gasteiger charge is -2.05. The smallest absolute Gasteiger partial charge is 0.354 e. The summed E-state index contributed by atoms with van der Waals surface area (Å²) in [6.45, 7) is 2.69. The summed E-state index contributed by atoms with van der Waals surface area (Å²) in [5.74, 6) is 0.448. The first-order valence-corrected chi connectivity index (χ1v) is 8.24. The zero-order valence-electron chi connectivity index (χ0n) is 13.2. The van der Waals surface area contributed by atoms with E-state index in [1.165, 1.54) is 6.08 Å². The van der Waals surface area contributed by atoms with Gasteiger partial charge in [-0.15, -0.1) is 0 Å². The van der Waals surface area contributed by atoms with Gasteiger partial charge in [0, 0.05) is 4.47 Å². The average Bonchev–Trinajstić information content (AvgIpc) is 2.60. The lowest BCUT2D eigenvalue weighted by Crippen LogP contribution is -2.10. The monoisotopic (exact) mass is 385 g/mol. The van der Waals surface area contributed by atoms with Crippen molar-refractivity contribution < 1.29 is 14.3 Å². The van der Waals surface area contributed by atoms with Crippen LogP contribution in [0, 0.1) is 11.3 Å². The molecule has 0 saturated heterocycles. The summed E-state index contributed by atoms with van der Waals surface area (Å²) in [6, 6.07) is 15.9. The van der Waals surface area contributed by atoms with Crippen molar-refractivity contribution >= 4 is 28.0 Å². The molecule has 0 unspecified atom stereocenters. The Bertz CT molecular complexity index is 759. The number of nitrogens with zero attached hydrogens (tertiary/aromatic N) is 1. The van der Waals surface area contributed by atoms with Crippen molar-refractivity contribution in [2.45, 2.75) is 13.3 Å². The molecule has 4 nitrogen and oxygen atoms in total. The van der Waals surface area contributed by atoms with Gasteiger partial charge in [-0.25, -0.2) is 4.79 Å². The van der Waals surface area contributed by atoms with E-state index in [0.717, 1.165) is 22.2 Å². The van der Waals surface area contributed by atoms with Gasteiger partial charge in [-0.3, -0.25) is 0 Å². The fraction of sp³-hybridized carbons (Fsp3) is 0.158. The minimum absolute atomic E-state index is 0.0693. The van der Waals surface area contributed by atoms with Crippen molar-refractivity contribution in [2.24, 2.45) is 0 Å². The van der Waals surface area contributed by atoms with Crippen LogP contribution in [0.15, 0.2) is 58.6 Å². The molecule has 122 valence electrons. The molecule has 0 fully saturated rings. The third-order valence-electron chi connectivity index (χ3n) is 3.03. The van der Waals surface area contributed by atoms with Crippen LogP contribution in [0.4, 0.5) is 0 Å². The molecule has 0 aliphatic carbocycles. The van der Waals surface area contributed by atoms with E-state index in [1.54, 1.807) is 48.5 Å². The number of rotatable bonds is 6. The topological polar surface area (TPSA) is 59.3 Å². The second-order valence-electron chi connectivity index (χ2n) is 4.93. The molecule has 24 heavy (non-hydrogen) atoms. The van der Waals surface area contributed by atoms with Crippen LogP contribution in [0.1, 0.15) is 18.9 Å². The van der Waals surface area contributed by atoms with Crippen molar-refractivity contribution in [1.82, 2.24) is 0 Å². The van der Waals surface area contributed by atoms with Gasteiger partial charge in [-0.05, 0) is 54.5 Å². The van der Waals surface area contributed by atoms with Crippen molar-refractivity contribution in [3.63, 3.8) is 0 Å². The summed E-state index contributed by atoms with van der Waals surface area (Å²) in [5, 5.41) is 9.20. The van der Waals surface area contributed by atoms with Crippen LogP contribution >= 0.6 is 15.9 Å². The Morgan fingerprint density at radius 3 is 2.33 bits per heavy atom. The Hall–Kier alpha value is -2.58. The maximum absolute atomic E-state index is 12.1. The molecule has 2 aromatic carbocycles. The van der Waals surface area contributed by atoms with E-state index >= 15 is 0 Å². The molecule has 0 heterocycles. The van der Waals surface area contributed by atoms with Gasteiger partial charge < -0.3 is 9.47 Å². The van der Waals surface area contributed by atoms with Crippen LogP contribution in [-0.4, -0.2) is 12.6 Å². The third-order valence-corrected chi connectivity index (χ3v) is 3.56. The van der Waals surface area contributed by atoms with Crippen molar-refractivity contribution in [1.29, 1.82) is 5.26 Å². The number of carbonyl (C=O) groups is 1. The van der Waals surface area contributed by atoms with Crippen LogP contribution in [0.5, 0.6) is 11.5 Å². The number of nitriles is 1. The first-order valence-electron chi connectivity index (χ1n) is 7.44. The lowest BCUT2D eigenvalue weighted by atomic mass is 10.1. The predicted molar refractivity (Wildman–Crippen MR) is 95.6 cm³/mol. The van der Waals surface area contributed by atoms with Crippen LogP contribution in [0.3, 0.4) is 0 Å². The molecule has 0 aliphatic heterocycles. The Morgan fingerprint density at radius 1 is 1.12 bits per heavy atom. The molecule has 0 spiro atoms. The van der Waals surface area contributed by atoms with Gasteiger partial charge in [0.05, 0.1) is 6.61 Å². The van der Waals surface area contributed by atoms with Crippen molar-refractivity contribution in [3.05, 3.63) is 64.1 Å². The van der Waals surface area contributed by atoms with Gasteiger partial charge in [0.15, 0.2) is 0 Å². The Morgan fingerprint density at radius 2 is 1.75 bits per heavy atom. The molecule has 0 saturated carbocycles. The highest BCUT2D eigenvalue weighted by Crippen LogP contribution is 2.19. The molecule has 2 rings (SSSR count). The molecule has 5 heteroatoms. The Balaban J connectivity index is 2.09. The van der Waals surface area contributed by atoms with Gasteiger partial charge >= 0.3 is 5.97 Å². The number of benzene rings is 2. The standard InChI is InChI=1S/C19H16BrNO3/c1-2-11-23-17-7-3-14(4-8-17)12-15(13-21)19(22)24-18-9-5-16(20)6-10-18/h3-10,12H,2,11H2,1H3. The predicted octanol–water partition coefficient (Wildman–Crippen LogP) is 4.75. The van der Waals surface area contributed by atoms with Crippen LogP contribution in [0.2, 0.25) is 0 Å². The van der Waals surface area contributed by atoms with E-state index in [4.69, 9.17) is 9.47 Å². The molecule has 0 bridgehead atoms. The molecule has 0 radical (unpaired) electrons. The molecule has 2 aromatic rings. The van der Waals surface area contributed by atoms with E-state index in [2.05, 4.69) is 15.9 Å². The molecular weight excluding hydrogens is 370 g/mol. The number of hydrogen-bond acceptors (Lipinski definition) is 4. The first kappa shape index (κ1) is 17.8. The maximum atomic E-state index is 12.1. The summed E-state index contributed by atoms with van der Waals surface area (Å²) in [5.41, 5.74) is 0.656. The highest BCUT2D eigenvalue weighted by Gasteiger charge is 2.12. The van der Waals surface area contributed by atoms with Crippen LogP contribution in [0.25, 0.3) is 6.08 Å². The van der Waals surface area contributed by atoms with Crippen LogP contribution in [-0.2, 0) is 4.79 Å². The highest BCUT2D eigenvalue weighted by atomic mass is 79.9. The molecule has 0 amide bonds. The fourth-order valence-electron chi connectivity index (χ4n) is 1.85. The minimum atomic E-state index is -0.689. The first-order chi connectivity index (χ1) is 11.6. The lowest BCUT2D eigenvalue weighted by molar-refractivity contribution is -0.129. The number of ether oxygens (including phenoxy) is 2. The Kier molecular flexibility index (Phi) is 6.59. The van der Waals surface area contributed by atoms with E-state index in [9.17, 15) is 10.1 Å². The minimum Gasteiger partial charge on any atom is -0.494 e. The van der Waals surface area contributed by atoms with Crippen molar-refractivity contribution in [2.75, 3.05) is 6.61 Å². The normalized spacial score (nSPS) is 10.8. The highest BCUT2D eigenvalue weighted by molar-refractivity contribution is 9.10.